The molecule has 1 fully saturated rings. The van der Waals surface area contributed by atoms with Gasteiger partial charge in [-0.3, -0.25) is 10.1 Å². The van der Waals surface area contributed by atoms with Crippen LogP contribution >= 0.6 is 15.9 Å². The maximum Gasteiger partial charge on any atom is 0.312 e. The monoisotopic (exact) mass is 327 g/mol. The van der Waals surface area contributed by atoms with E-state index in [4.69, 9.17) is 0 Å². The molecular weight excluding hydrogens is 310 g/mol. The molecule has 1 aromatic heterocycles. The molecule has 1 saturated carbocycles. The molecule has 0 aromatic carbocycles. The molecule has 19 heavy (non-hydrogen) atoms. The van der Waals surface area contributed by atoms with Gasteiger partial charge in [0, 0.05) is 23.3 Å². The van der Waals surface area contributed by atoms with Crippen LogP contribution in [0.2, 0.25) is 0 Å². The highest BCUT2D eigenvalue weighted by Crippen LogP contribution is 2.29. The van der Waals surface area contributed by atoms with Gasteiger partial charge in [-0.25, -0.2) is 4.98 Å². The van der Waals surface area contributed by atoms with Crippen molar-refractivity contribution in [2.45, 2.75) is 38.5 Å². The van der Waals surface area contributed by atoms with Crippen LogP contribution in [0.15, 0.2) is 16.7 Å². The van der Waals surface area contributed by atoms with Crippen LogP contribution in [0.25, 0.3) is 0 Å². The summed E-state index contributed by atoms with van der Waals surface area (Å²) in [5.41, 5.74) is 0.0234. The van der Waals surface area contributed by atoms with Crippen molar-refractivity contribution < 1.29 is 4.92 Å². The van der Waals surface area contributed by atoms with Crippen LogP contribution < -0.4 is 5.32 Å². The third-order valence-corrected chi connectivity index (χ3v) is 4.02. The molecule has 0 unspecified atom stereocenters. The Bertz CT molecular complexity index is 448. The van der Waals surface area contributed by atoms with Crippen molar-refractivity contribution in [3.05, 3.63) is 26.9 Å². The number of pyridine rings is 1. The summed E-state index contributed by atoms with van der Waals surface area (Å²) in [6.07, 6.45) is 9.23. The number of nitrogens with zero attached hydrogens (tertiary/aromatic N) is 2. The molecule has 5 nitrogen and oxygen atoms in total. The predicted octanol–water partition coefficient (Wildman–Crippen LogP) is 4.13. The van der Waals surface area contributed by atoms with Gasteiger partial charge in [0.1, 0.15) is 0 Å². The molecule has 0 radical (unpaired) electrons. The maximum absolute atomic E-state index is 10.9. The molecule has 0 atom stereocenters. The Morgan fingerprint density at radius 1 is 1.47 bits per heavy atom. The van der Waals surface area contributed by atoms with Crippen LogP contribution in [0.3, 0.4) is 0 Å². The van der Waals surface area contributed by atoms with Crippen molar-refractivity contribution in [3.63, 3.8) is 0 Å². The van der Waals surface area contributed by atoms with E-state index >= 15 is 0 Å². The largest absolute Gasteiger partial charge is 0.364 e. The first-order chi connectivity index (χ1) is 9.16. The third-order valence-electron chi connectivity index (χ3n) is 3.59. The standard InChI is InChI=1S/C13H18BrN3O2/c14-11-8-12(17(18)19)13(16-9-11)15-7-3-6-10-4-1-2-5-10/h8-10H,1-7H2,(H,15,16). The van der Waals surface area contributed by atoms with Crippen molar-refractivity contribution in [3.8, 4) is 0 Å². The first kappa shape index (κ1) is 14.2. The molecule has 104 valence electrons. The van der Waals surface area contributed by atoms with E-state index in [2.05, 4.69) is 26.2 Å². The highest BCUT2D eigenvalue weighted by molar-refractivity contribution is 9.10. The summed E-state index contributed by atoms with van der Waals surface area (Å²) in [4.78, 5) is 14.6. The third kappa shape index (κ3) is 4.16. The number of rotatable bonds is 6. The maximum atomic E-state index is 10.9. The highest BCUT2D eigenvalue weighted by Gasteiger charge is 2.16. The van der Waals surface area contributed by atoms with Gasteiger partial charge in [0.25, 0.3) is 0 Å². The van der Waals surface area contributed by atoms with Crippen molar-refractivity contribution in [1.29, 1.82) is 0 Å². The van der Waals surface area contributed by atoms with E-state index in [-0.39, 0.29) is 5.69 Å². The molecule has 1 aliphatic rings. The van der Waals surface area contributed by atoms with E-state index in [1.54, 1.807) is 6.20 Å². The Morgan fingerprint density at radius 3 is 2.89 bits per heavy atom. The van der Waals surface area contributed by atoms with E-state index < -0.39 is 4.92 Å². The number of anilines is 1. The molecule has 2 rings (SSSR count). The van der Waals surface area contributed by atoms with E-state index in [1.807, 2.05) is 0 Å². The van der Waals surface area contributed by atoms with Gasteiger partial charge in [0.05, 0.1) is 4.92 Å². The summed E-state index contributed by atoms with van der Waals surface area (Å²) >= 11 is 3.20. The summed E-state index contributed by atoms with van der Waals surface area (Å²) < 4.78 is 0.621. The number of halogens is 1. The minimum absolute atomic E-state index is 0.0234. The average Bonchev–Trinajstić information content (AvgIpc) is 2.89. The molecule has 0 spiro atoms. The second kappa shape index (κ2) is 6.84. The van der Waals surface area contributed by atoms with Gasteiger partial charge in [-0.1, -0.05) is 25.7 Å². The lowest BCUT2D eigenvalue weighted by molar-refractivity contribution is -0.384. The van der Waals surface area contributed by atoms with Gasteiger partial charge in [0.15, 0.2) is 0 Å². The molecule has 1 aliphatic carbocycles. The topological polar surface area (TPSA) is 68.1 Å². The Hall–Kier alpha value is -1.17. The molecule has 6 heteroatoms. The van der Waals surface area contributed by atoms with Gasteiger partial charge in [-0.05, 0) is 34.7 Å². The fourth-order valence-corrected chi connectivity index (χ4v) is 2.92. The quantitative estimate of drug-likeness (QED) is 0.484. The number of nitrogens with one attached hydrogen (secondary N) is 1. The lowest BCUT2D eigenvalue weighted by Gasteiger charge is -2.09. The van der Waals surface area contributed by atoms with Crippen molar-refractivity contribution >= 4 is 27.4 Å². The van der Waals surface area contributed by atoms with Crippen LogP contribution in [0.5, 0.6) is 0 Å². The zero-order valence-electron chi connectivity index (χ0n) is 10.8. The average molecular weight is 328 g/mol. The SMILES string of the molecule is O=[N+]([O-])c1cc(Br)cnc1NCCCC1CCCC1. The van der Waals surface area contributed by atoms with Gasteiger partial charge in [0.2, 0.25) is 5.82 Å². The zero-order chi connectivity index (χ0) is 13.7. The van der Waals surface area contributed by atoms with Gasteiger partial charge in [-0.15, -0.1) is 0 Å². The summed E-state index contributed by atoms with van der Waals surface area (Å²) in [5.74, 6) is 1.22. The lowest BCUT2D eigenvalue weighted by atomic mass is 10.0. The number of nitro groups is 1. The summed E-state index contributed by atoms with van der Waals surface area (Å²) in [7, 11) is 0. The van der Waals surface area contributed by atoms with Crippen LogP contribution in [0.4, 0.5) is 11.5 Å². The van der Waals surface area contributed by atoms with E-state index in [0.717, 1.165) is 18.9 Å². The Kier molecular flexibility index (Phi) is 5.13. The van der Waals surface area contributed by atoms with Crippen molar-refractivity contribution in [2.75, 3.05) is 11.9 Å². The van der Waals surface area contributed by atoms with E-state index in [0.29, 0.717) is 10.3 Å². The van der Waals surface area contributed by atoms with Crippen LogP contribution in [-0.2, 0) is 0 Å². The van der Waals surface area contributed by atoms with Gasteiger partial charge >= 0.3 is 5.69 Å². The van der Waals surface area contributed by atoms with Crippen molar-refractivity contribution in [1.82, 2.24) is 4.98 Å². The van der Waals surface area contributed by atoms with Gasteiger partial charge in [-0.2, -0.15) is 0 Å². The van der Waals surface area contributed by atoms with E-state index in [1.165, 1.54) is 38.2 Å². The molecule has 0 saturated heterocycles. The number of hydrogen-bond acceptors (Lipinski definition) is 4. The first-order valence-electron chi connectivity index (χ1n) is 6.70. The normalized spacial score (nSPS) is 15.6. The fourth-order valence-electron chi connectivity index (χ4n) is 2.60. The lowest BCUT2D eigenvalue weighted by Crippen LogP contribution is -2.07. The molecule has 1 heterocycles. The highest BCUT2D eigenvalue weighted by atomic mass is 79.9. The molecule has 1 aromatic rings. The number of hydrogen-bond donors (Lipinski definition) is 1. The molecule has 0 aliphatic heterocycles. The minimum Gasteiger partial charge on any atom is -0.364 e. The van der Waals surface area contributed by atoms with E-state index in [9.17, 15) is 10.1 Å². The summed E-state index contributed by atoms with van der Waals surface area (Å²) in [6.45, 7) is 0.742. The molecule has 0 bridgehead atoms. The summed E-state index contributed by atoms with van der Waals surface area (Å²) in [6, 6.07) is 1.48. The molecular formula is C13H18BrN3O2. The summed E-state index contributed by atoms with van der Waals surface area (Å²) in [5, 5.41) is 14.0. The smallest absolute Gasteiger partial charge is 0.312 e. The fraction of sp³-hybridized carbons (Fsp3) is 0.615. The van der Waals surface area contributed by atoms with Crippen molar-refractivity contribution in [2.24, 2.45) is 5.92 Å². The van der Waals surface area contributed by atoms with Gasteiger partial charge < -0.3 is 5.32 Å². The second-order valence-corrected chi connectivity index (χ2v) is 5.91. The Morgan fingerprint density at radius 2 is 2.21 bits per heavy atom. The Labute approximate surface area is 121 Å². The first-order valence-corrected chi connectivity index (χ1v) is 7.50. The minimum atomic E-state index is -0.406. The predicted molar refractivity (Wildman–Crippen MR) is 78.3 cm³/mol. The molecule has 0 amide bonds. The van der Waals surface area contributed by atoms with Crippen LogP contribution in [-0.4, -0.2) is 16.5 Å². The zero-order valence-corrected chi connectivity index (χ0v) is 12.4. The second-order valence-electron chi connectivity index (χ2n) is 5.00. The number of aromatic nitrogens is 1. The van der Waals surface area contributed by atoms with Crippen LogP contribution in [0, 0.1) is 16.0 Å². The molecule has 1 N–H and O–H groups in total. The van der Waals surface area contributed by atoms with Crippen LogP contribution in [0.1, 0.15) is 38.5 Å². The Balaban J connectivity index is 1.83.